The van der Waals surface area contributed by atoms with Gasteiger partial charge < -0.3 is 4.90 Å². The highest BCUT2D eigenvalue weighted by molar-refractivity contribution is 6.05. The number of rotatable bonds is 2. The first kappa shape index (κ1) is 11.9. The summed E-state index contributed by atoms with van der Waals surface area (Å²) in [6, 6.07) is 8.96. The highest BCUT2D eigenvalue weighted by atomic mass is 16.2. The van der Waals surface area contributed by atoms with Crippen molar-refractivity contribution in [2.75, 3.05) is 11.9 Å². The smallest absolute Gasteiger partial charge is 0.261 e. The van der Waals surface area contributed by atoms with E-state index in [0.717, 1.165) is 0 Å². The molecule has 18 heavy (non-hydrogen) atoms. The molecule has 0 aliphatic heterocycles. The third-order valence-electron chi connectivity index (χ3n) is 2.62. The van der Waals surface area contributed by atoms with Crippen molar-refractivity contribution in [3.8, 4) is 6.07 Å². The van der Waals surface area contributed by atoms with Gasteiger partial charge in [0.2, 0.25) is 0 Å². The molecule has 2 aromatic rings. The lowest BCUT2D eigenvalue weighted by molar-refractivity contribution is 0.0993. The molecule has 90 valence electrons. The van der Waals surface area contributed by atoms with E-state index in [1.807, 2.05) is 0 Å². The van der Waals surface area contributed by atoms with Gasteiger partial charge >= 0.3 is 0 Å². The minimum atomic E-state index is -0.154. The maximum atomic E-state index is 12.1. The molecule has 0 spiro atoms. The van der Waals surface area contributed by atoms with Crippen molar-refractivity contribution in [1.29, 1.82) is 5.26 Å². The van der Waals surface area contributed by atoms with Gasteiger partial charge in [0, 0.05) is 26.0 Å². The number of benzene rings is 1. The van der Waals surface area contributed by atoms with Crippen LogP contribution in [0.5, 0.6) is 0 Å². The van der Waals surface area contributed by atoms with Gasteiger partial charge in [-0.15, -0.1) is 0 Å². The number of carbonyl (C=O) groups excluding carboxylic acids is 1. The number of carbonyl (C=O) groups is 1. The van der Waals surface area contributed by atoms with E-state index >= 15 is 0 Å². The molecule has 0 N–H and O–H groups in total. The topological polar surface area (TPSA) is 61.9 Å². The lowest BCUT2D eigenvalue weighted by Gasteiger charge is -2.16. The second-order valence-electron chi connectivity index (χ2n) is 3.93. The molecule has 2 rings (SSSR count). The van der Waals surface area contributed by atoms with Crippen LogP contribution in [-0.4, -0.2) is 22.7 Å². The van der Waals surface area contributed by atoms with Crippen molar-refractivity contribution in [2.24, 2.45) is 7.05 Å². The lowest BCUT2D eigenvalue weighted by Crippen LogP contribution is -2.25. The van der Waals surface area contributed by atoms with E-state index in [1.54, 1.807) is 49.2 Å². The van der Waals surface area contributed by atoms with Gasteiger partial charge in [-0.2, -0.15) is 10.4 Å². The highest BCUT2D eigenvalue weighted by Gasteiger charge is 2.15. The van der Waals surface area contributed by atoms with Crippen molar-refractivity contribution in [3.63, 3.8) is 0 Å². The summed E-state index contributed by atoms with van der Waals surface area (Å²) in [5.41, 5.74) is 1.73. The largest absolute Gasteiger partial charge is 0.311 e. The van der Waals surface area contributed by atoms with E-state index in [9.17, 15) is 4.79 Å². The van der Waals surface area contributed by atoms with Gasteiger partial charge in [-0.1, -0.05) is 6.07 Å². The first-order chi connectivity index (χ1) is 8.61. The first-order valence-electron chi connectivity index (χ1n) is 5.38. The Morgan fingerprint density at radius 3 is 2.89 bits per heavy atom. The van der Waals surface area contributed by atoms with Crippen LogP contribution in [0.3, 0.4) is 0 Å². The molecule has 5 heteroatoms. The van der Waals surface area contributed by atoms with E-state index in [1.165, 1.54) is 11.1 Å². The van der Waals surface area contributed by atoms with Gasteiger partial charge in [0.1, 0.15) is 0 Å². The molecule has 0 saturated carbocycles. The van der Waals surface area contributed by atoms with Crippen LogP contribution in [0.4, 0.5) is 5.69 Å². The predicted octanol–water partition coefficient (Wildman–Crippen LogP) is 1.57. The van der Waals surface area contributed by atoms with E-state index in [0.29, 0.717) is 16.8 Å². The Bertz CT molecular complexity index is 624. The molecular weight excluding hydrogens is 228 g/mol. The van der Waals surface area contributed by atoms with Crippen molar-refractivity contribution in [2.45, 2.75) is 0 Å². The van der Waals surface area contributed by atoms with Crippen LogP contribution in [0.2, 0.25) is 0 Å². The number of anilines is 1. The molecule has 0 unspecified atom stereocenters. The van der Waals surface area contributed by atoms with Gasteiger partial charge in [-0.3, -0.25) is 9.48 Å². The molecule has 1 aromatic carbocycles. The third-order valence-corrected chi connectivity index (χ3v) is 2.62. The average molecular weight is 240 g/mol. The zero-order valence-electron chi connectivity index (χ0n) is 10.2. The van der Waals surface area contributed by atoms with E-state index in [4.69, 9.17) is 5.26 Å². The number of hydrogen-bond donors (Lipinski definition) is 0. The Kier molecular flexibility index (Phi) is 3.11. The van der Waals surface area contributed by atoms with Crippen LogP contribution >= 0.6 is 0 Å². The second-order valence-corrected chi connectivity index (χ2v) is 3.93. The molecule has 0 atom stereocenters. The Hall–Kier alpha value is -2.61. The van der Waals surface area contributed by atoms with E-state index < -0.39 is 0 Å². The molecule has 0 aliphatic carbocycles. The Morgan fingerprint density at radius 1 is 1.50 bits per heavy atom. The molecule has 5 nitrogen and oxygen atoms in total. The molecule has 1 heterocycles. The maximum Gasteiger partial charge on any atom is 0.261 e. The molecular formula is C13H12N4O. The van der Waals surface area contributed by atoms with E-state index in [-0.39, 0.29) is 5.91 Å². The van der Waals surface area contributed by atoms with Crippen LogP contribution in [0.15, 0.2) is 36.7 Å². The predicted molar refractivity (Wildman–Crippen MR) is 67.1 cm³/mol. The molecule has 0 fully saturated rings. The number of hydrogen-bond acceptors (Lipinski definition) is 3. The maximum absolute atomic E-state index is 12.1. The van der Waals surface area contributed by atoms with Crippen LogP contribution in [0, 0.1) is 11.3 Å². The molecule has 0 aliphatic rings. The standard InChI is InChI=1S/C13H12N4O/c1-16-9-11(8-15-16)13(18)17(2)12-5-3-4-10(6-12)7-14/h3-6,8-9H,1-2H3. The number of aromatic nitrogens is 2. The van der Waals surface area contributed by atoms with Crippen LogP contribution < -0.4 is 4.90 Å². The summed E-state index contributed by atoms with van der Waals surface area (Å²) in [5, 5.41) is 12.8. The highest BCUT2D eigenvalue weighted by Crippen LogP contribution is 2.16. The molecule has 0 radical (unpaired) electrons. The van der Waals surface area contributed by atoms with Crippen molar-refractivity contribution in [1.82, 2.24) is 9.78 Å². The quantitative estimate of drug-likeness (QED) is 0.800. The second kappa shape index (κ2) is 4.72. The lowest BCUT2D eigenvalue weighted by atomic mass is 10.2. The van der Waals surface area contributed by atoms with Crippen molar-refractivity contribution >= 4 is 11.6 Å². The number of amides is 1. The zero-order valence-corrected chi connectivity index (χ0v) is 10.2. The van der Waals surface area contributed by atoms with Crippen LogP contribution in [0.25, 0.3) is 0 Å². The van der Waals surface area contributed by atoms with Crippen molar-refractivity contribution in [3.05, 3.63) is 47.8 Å². The van der Waals surface area contributed by atoms with Crippen LogP contribution in [-0.2, 0) is 7.05 Å². The van der Waals surface area contributed by atoms with Gasteiger partial charge in [0.15, 0.2) is 0 Å². The summed E-state index contributed by atoms with van der Waals surface area (Å²) in [5.74, 6) is -0.154. The molecule has 0 bridgehead atoms. The Labute approximate surface area is 105 Å². The Morgan fingerprint density at radius 2 is 2.28 bits per heavy atom. The summed E-state index contributed by atoms with van der Waals surface area (Å²) in [6.45, 7) is 0. The fourth-order valence-corrected chi connectivity index (χ4v) is 1.63. The van der Waals surface area contributed by atoms with Gasteiger partial charge in [-0.05, 0) is 18.2 Å². The number of aryl methyl sites for hydroxylation is 1. The van der Waals surface area contributed by atoms with Gasteiger partial charge in [-0.25, -0.2) is 0 Å². The summed E-state index contributed by atoms with van der Waals surface area (Å²) >= 11 is 0. The SMILES string of the molecule is CN(C(=O)c1cnn(C)c1)c1cccc(C#N)c1. The van der Waals surface area contributed by atoms with Crippen molar-refractivity contribution < 1.29 is 4.79 Å². The van der Waals surface area contributed by atoms with Crippen LogP contribution in [0.1, 0.15) is 15.9 Å². The van der Waals surface area contributed by atoms with Gasteiger partial charge in [0.25, 0.3) is 5.91 Å². The van der Waals surface area contributed by atoms with Gasteiger partial charge in [0.05, 0.1) is 23.4 Å². The minimum absolute atomic E-state index is 0.154. The Balaban J connectivity index is 2.28. The number of nitriles is 1. The summed E-state index contributed by atoms with van der Waals surface area (Å²) in [7, 11) is 3.43. The first-order valence-corrected chi connectivity index (χ1v) is 5.38. The minimum Gasteiger partial charge on any atom is -0.311 e. The van der Waals surface area contributed by atoms with E-state index in [2.05, 4.69) is 11.2 Å². The normalized spacial score (nSPS) is 9.83. The summed E-state index contributed by atoms with van der Waals surface area (Å²) in [6.07, 6.45) is 3.18. The monoisotopic (exact) mass is 240 g/mol. The molecule has 1 amide bonds. The average Bonchev–Trinajstić information content (AvgIpc) is 2.83. The third kappa shape index (κ3) is 2.23. The molecule has 1 aromatic heterocycles. The zero-order chi connectivity index (χ0) is 13.1. The summed E-state index contributed by atoms with van der Waals surface area (Å²) < 4.78 is 1.58. The fourth-order valence-electron chi connectivity index (χ4n) is 1.63. The molecule has 0 saturated heterocycles. The fraction of sp³-hybridized carbons (Fsp3) is 0.154. The number of nitrogens with zero attached hydrogens (tertiary/aromatic N) is 4. The summed E-state index contributed by atoms with van der Waals surface area (Å²) in [4.78, 5) is 13.6.